The third-order valence-electron chi connectivity index (χ3n) is 14.1. The van der Waals surface area contributed by atoms with Gasteiger partial charge in [0.25, 0.3) is 0 Å². The van der Waals surface area contributed by atoms with Crippen LogP contribution in [0.3, 0.4) is 0 Å². The zero-order chi connectivity index (χ0) is 45.4. The molecule has 2 atom stereocenters. The van der Waals surface area contributed by atoms with Crippen LogP contribution in [0.2, 0.25) is 0 Å². The van der Waals surface area contributed by atoms with Crippen molar-refractivity contribution < 1.29 is 0 Å². The van der Waals surface area contributed by atoms with Crippen LogP contribution in [0.15, 0.2) is 248 Å². The maximum Gasteiger partial charge on any atom is 0.162 e. The summed E-state index contributed by atoms with van der Waals surface area (Å²) in [5, 5.41) is 15.2. The zero-order valence-electron chi connectivity index (χ0n) is 37.5. The third-order valence-corrected chi connectivity index (χ3v) is 14.1. The highest BCUT2D eigenvalue weighted by molar-refractivity contribution is 6.24. The van der Waals surface area contributed by atoms with Crippen molar-refractivity contribution in [1.29, 1.82) is 0 Å². The van der Waals surface area contributed by atoms with Crippen molar-refractivity contribution in [1.82, 2.24) is 24.3 Å². The predicted octanol–water partition coefficient (Wildman–Crippen LogP) is 15.1. The molecule has 1 aliphatic rings. The molecule has 3 aromatic heterocycles. The first kappa shape index (κ1) is 39.2. The van der Waals surface area contributed by atoms with Gasteiger partial charge in [0.05, 0.1) is 38.8 Å². The van der Waals surface area contributed by atoms with E-state index >= 15 is 0 Å². The molecule has 4 heterocycles. The van der Waals surface area contributed by atoms with Gasteiger partial charge in [-0.2, -0.15) is 0 Å². The van der Waals surface area contributed by atoms with Gasteiger partial charge in [0.2, 0.25) is 0 Å². The number of nitrogens with zero attached hydrogens (tertiary/aromatic N) is 4. The Bertz CT molecular complexity index is 4130. The molecule has 326 valence electrons. The van der Waals surface area contributed by atoms with Crippen LogP contribution >= 0.6 is 0 Å². The largest absolute Gasteiger partial charge is 0.337 e. The van der Waals surface area contributed by atoms with Gasteiger partial charge < -0.3 is 19.0 Å². The minimum atomic E-state index is -0.403. The van der Waals surface area contributed by atoms with Crippen molar-refractivity contribution >= 4 is 71.3 Å². The molecule has 0 radical (unpaired) electrons. The number of rotatable bonds is 7. The number of nitrogens with one attached hydrogen (secondary N) is 2. The Labute approximate surface area is 398 Å². The molecular formula is C63H44N6. The fourth-order valence-electron chi connectivity index (χ4n) is 11.0. The normalized spacial score (nSPS) is 15.1. The molecule has 6 heteroatoms. The Hall–Kier alpha value is -8.97. The first-order valence-corrected chi connectivity index (χ1v) is 23.7. The second-order valence-electron chi connectivity index (χ2n) is 18.0. The molecule has 0 saturated carbocycles. The van der Waals surface area contributed by atoms with E-state index in [2.05, 4.69) is 267 Å². The van der Waals surface area contributed by atoms with Gasteiger partial charge in [-0.3, -0.25) is 5.32 Å². The first-order chi connectivity index (χ1) is 34.2. The van der Waals surface area contributed by atoms with Crippen molar-refractivity contribution in [2.24, 2.45) is 4.99 Å². The van der Waals surface area contributed by atoms with E-state index in [1.54, 1.807) is 0 Å². The van der Waals surface area contributed by atoms with Crippen molar-refractivity contribution in [3.8, 4) is 33.6 Å². The topological polar surface area (TPSA) is 51.2 Å². The van der Waals surface area contributed by atoms with Gasteiger partial charge >= 0.3 is 0 Å². The summed E-state index contributed by atoms with van der Waals surface area (Å²) in [5.74, 6) is 0.828. The molecule has 0 fully saturated rings. The van der Waals surface area contributed by atoms with Crippen LogP contribution < -0.4 is 10.6 Å². The van der Waals surface area contributed by atoms with Crippen molar-refractivity contribution in [3.63, 3.8) is 0 Å². The summed E-state index contributed by atoms with van der Waals surface area (Å²) < 4.78 is 7.47. The lowest BCUT2D eigenvalue weighted by atomic mass is 10.00. The van der Waals surface area contributed by atoms with Crippen LogP contribution in [-0.2, 0) is 0 Å². The molecule has 13 aromatic rings. The molecule has 6 nitrogen and oxygen atoms in total. The highest BCUT2D eigenvalue weighted by atomic mass is 15.4. The lowest BCUT2D eigenvalue weighted by Gasteiger charge is -2.34. The molecule has 14 rings (SSSR count). The van der Waals surface area contributed by atoms with Gasteiger partial charge in [-0.1, -0.05) is 194 Å². The van der Waals surface area contributed by atoms with Crippen LogP contribution in [0, 0.1) is 0 Å². The van der Waals surface area contributed by atoms with Gasteiger partial charge in [-0.25, -0.2) is 4.99 Å². The Morgan fingerprint density at radius 3 is 1.61 bits per heavy atom. The van der Waals surface area contributed by atoms with Crippen LogP contribution in [0.5, 0.6) is 0 Å². The maximum absolute atomic E-state index is 5.44. The number of hydrogen-bond acceptors (Lipinski definition) is 3. The minimum Gasteiger partial charge on any atom is -0.337 e. The number of aromatic nitrogens is 3. The molecule has 0 amide bonds. The van der Waals surface area contributed by atoms with E-state index in [0.29, 0.717) is 0 Å². The van der Waals surface area contributed by atoms with Crippen LogP contribution in [0.25, 0.3) is 99.0 Å². The average Bonchev–Trinajstić information content (AvgIpc) is 4.07. The summed E-state index contributed by atoms with van der Waals surface area (Å²) in [5.41, 5.74) is 15.8. The fraction of sp³-hybridized carbons (Fsp3) is 0.0317. The summed E-state index contributed by atoms with van der Waals surface area (Å²) >= 11 is 0. The molecule has 69 heavy (non-hydrogen) atoms. The van der Waals surface area contributed by atoms with Gasteiger partial charge in [-0.15, -0.1) is 0 Å². The van der Waals surface area contributed by atoms with Gasteiger partial charge in [0.1, 0.15) is 12.0 Å². The predicted molar refractivity (Wildman–Crippen MR) is 286 cm³/mol. The number of amidine groups is 1. The van der Waals surface area contributed by atoms with E-state index in [9.17, 15) is 0 Å². The molecule has 0 bridgehead atoms. The summed E-state index contributed by atoms with van der Waals surface area (Å²) in [6.45, 7) is 0. The van der Waals surface area contributed by atoms with Crippen molar-refractivity contribution in [2.75, 3.05) is 0 Å². The minimum absolute atomic E-state index is 0.332. The standard InChI is InChI=1S/C63H44N6/c1-5-20-41(21-6-1)44-26-19-27-45(38-44)62-64-61(43-24-9-3-10-25-43)65-63(66-62)69-56-35-18-14-31-48(56)51-37-36-50-47-30-13-17-34-55(47)68(59(50)60(51)69)57-40-58-53(39-52(57)42-22-7-2-8-23-42)49-32-15-16-33-54(49)67(58)46-28-11-4-12-29-46/h1-40,61,63,65H,(H,64,66). The second-order valence-corrected chi connectivity index (χ2v) is 18.0. The lowest BCUT2D eigenvalue weighted by Crippen LogP contribution is -2.47. The molecule has 0 aliphatic carbocycles. The Balaban J connectivity index is 1.08. The van der Waals surface area contributed by atoms with E-state index < -0.39 is 6.29 Å². The van der Waals surface area contributed by atoms with Crippen LogP contribution in [-0.4, -0.2) is 19.5 Å². The van der Waals surface area contributed by atoms with Crippen LogP contribution in [0.4, 0.5) is 0 Å². The highest BCUT2D eigenvalue weighted by Crippen LogP contribution is 2.45. The molecule has 1 aliphatic heterocycles. The Morgan fingerprint density at radius 1 is 0.362 bits per heavy atom. The number of hydrogen-bond donors (Lipinski definition) is 2. The lowest BCUT2D eigenvalue weighted by molar-refractivity contribution is 0.330. The van der Waals surface area contributed by atoms with E-state index in [4.69, 9.17) is 4.99 Å². The molecule has 0 spiro atoms. The molecular weight excluding hydrogens is 841 g/mol. The monoisotopic (exact) mass is 884 g/mol. The number of fused-ring (bicyclic) bond motifs is 10. The molecule has 10 aromatic carbocycles. The quantitative estimate of drug-likeness (QED) is 0.168. The van der Waals surface area contributed by atoms with E-state index in [1.165, 1.54) is 43.4 Å². The third kappa shape index (κ3) is 6.27. The van der Waals surface area contributed by atoms with Gasteiger partial charge in [0, 0.05) is 49.1 Å². The fourth-order valence-corrected chi connectivity index (χ4v) is 11.0. The van der Waals surface area contributed by atoms with E-state index in [0.717, 1.165) is 72.6 Å². The first-order valence-electron chi connectivity index (χ1n) is 23.7. The Kier molecular flexibility index (Phi) is 9.00. The average molecular weight is 885 g/mol. The smallest absolute Gasteiger partial charge is 0.162 e. The highest BCUT2D eigenvalue weighted by Gasteiger charge is 2.31. The SMILES string of the molecule is c1ccc(-c2cccc(C3=NC(c4ccccc4)NC(n4c5ccccc5c5ccc6c7ccccc7n(-c7cc8c(cc7-c7ccccc7)c7ccccc7n8-c7ccccc7)c6c54)N3)c2)cc1. The summed E-state index contributed by atoms with van der Waals surface area (Å²) in [4.78, 5) is 5.44. The van der Waals surface area contributed by atoms with Crippen molar-refractivity contribution in [2.45, 2.75) is 12.5 Å². The second kappa shape index (κ2) is 15.8. The number of benzene rings is 10. The summed E-state index contributed by atoms with van der Waals surface area (Å²) in [6.07, 6.45) is -0.736. The molecule has 2 N–H and O–H groups in total. The van der Waals surface area contributed by atoms with Crippen LogP contribution in [0.1, 0.15) is 23.6 Å². The van der Waals surface area contributed by atoms with E-state index in [1.807, 2.05) is 0 Å². The number of para-hydroxylation sites is 4. The van der Waals surface area contributed by atoms with Crippen molar-refractivity contribution in [3.05, 3.63) is 254 Å². The number of aliphatic imine (C=N–C) groups is 1. The maximum atomic E-state index is 5.44. The molecule has 2 unspecified atom stereocenters. The van der Waals surface area contributed by atoms with E-state index in [-0.39, 0.29) is 6.17 Å². The Morgan fingerprint density at radius 2 is 0.899 bits per heavy atom. The summed E-state index contributed by atoms with van der Waals surface area (Å²) in [7, 11) is 0. The van der Waals surface area contributed by atoms with Gasteiger partial charge in [0.15, 0.2) is 6.29 Å². The molecule has 0 saturated heterocycles. The summed E-state index contributed by atoms with van der Waals surface area (Å²) in [6, 6.07) is 87.7. The zero-order valence-corrected chi connectivity index (χ0v) is 37.5. The van der Waals surface area contributed by atoms with Gasteiger partial charge in [-0.05, 0) is 70.8 Å².